The van der Waals surface area contributed by atoms with E-state index >= 15 is 0 Å². The minimum absolute atomic E-state index is 0.0130. The molecule has 3 aromatic rings. The molecule has 7 nitrogen and oxygen atoms in total. The number of amides is 1. The number of methoxy groups -OCH3 is 1. The Kier molecular flexibility index (Phi) is 7.21. The van der Waals surface area contributed by atoms with E-state index in [2.05, 4.69) is 15.0 Å². The van der Waals surface area contributed by atoms with Gasteiger partial charge in [0.15, 0.2) is 5.13 Å². The Labute approximate surface area is 183 Å². The molecule has 2 N–H and O–H groups in total. The van der Waals surface area contributed by atoms with Crippen LogP contribution in [0.2, 0.25) is 5.02 Å². The number of phenolic OH excluding ortho intramolecular Hbond substituents is 1. The number of nitrogens with one attached hydrogen (secondary N) is 1. The normalized spacial score (nSPS) is 11.6. The Bertz CT molecular complexity index is 1090. The summed E-state index contributed by atoms with van der Waals surface area (Å²) in [5.74, 6) is -1.39. The van der Waals surface area contributed by atoms with Crippen molar-refractivity contribution in [2.24, 2.45) is 0 Å². The lowest BCUT2D eigenvalue weighted by atomic mass is 10.1. The number of alkyl halides is 3. The van der Waals surface area contributed by atoms with Crippen LogP contribution in [0.25, 0.3) is 10.2 Å². The molecule has 0 spiro atoms. The summed E-state index contributed by atoms with van der Waals surface area (Å²) in [6, 6.07) is 6.39. The van der Waals surface area contributed by atoms with Gasteiger partial charge >= 0.3 is 6.36 Å². The van der Waals surface area contributed by atoms with Gasteiger partial charge in [0.2, 0.25) is 0 Å². The summed E-state index contributed by atoms with van der Waals surface area (Å²) in [6.07, 6.45) is -4.81. The minimum Gasteiger partial charge on any atom is -0.507 e. The quantitative estimate of drug-likeness (QED) is 0.446. The van der Waals surface area contributed by atoms with Crippen molar-refractivity contribution >= 4 is 44.2 Å². The highest BCUT2D eigenvalue weighted by molar-refractivity contribution is 7.22. The van der Waals surface area contributed by atoms with Gasteiger partial charge in [-0.1, -0.05) is 22.9 Å². The van der Waals surface area contributed by atoms with Gasteiger partial charge < -0.3 is 19.3 Å². The molecule has 0 atom stereocenters. The lowest BCUT2D eigenvalue weighted by Crippen LogP contribution is -2.16. The van der Waals surface area contributed by atoms with Gasteiger partial charge in [-0.05, 0) is 24.3 Å². The van der Waals surface area contributed by atoms with E-state index in [-0.39, 0.29) is 34.7 Å². The molecule has 12 heteroatoms. The largest absolute Gasteiger partial charge is 0.573 e. The van der Waals surface area contributed by atoms with Crippen molar-refractivity contribution in [3.8, 4) is 11.5 Å². The first-order valence-corrected chi connectivity index (χ1v) is 9.91. The van der Waals surface area contributed by atoms with E-state index in [9.17, 15) is 23.1 Å². The second-order valence-corrected chi connectivity index (χ2v) is 7.62. The lowest BCUT2D eigenvalue weighted by Gasteiger charge is -2.11. The Balaban J connectivity index is 1.77. The number of hydrogen-bond acceptors (Lipinski definition) is 7. The van der Waals surface area contributed by atoms with Gasteiger partial charge in [-0.15, -0.1) is 13.2 Å². The summed E-state index contributed by atoms with van der Waals surface area (Å²) in [6.45, 7) is 0.664. The number of hydrogen-bond donors (Lipinski definition) is 2. The maximum Gasteiger partial charge on any atom is 0.573 e. The van der Waals surface area contributed by atoms with Crippen LogP contribution in [0, 0.1) is 0 Å². The number of nitrogens with zero attached hydrogens (tertiary/aromatic N) is 1. The van der Waals surface area contributed by atoms with Crippen molar-refractivity contribution in [2.75, 3.05) is 25.6 Å². The van der Waals surface area contributed by atoms with Crippen LogP contribution in [0.15, 0.2) is 30.3 Å². The number of fused-ring (bicyclic) bond motifs is 1. The molecule has 0 aliphatic rings. The fourth-order valence-corrected chi connectivity index (χ4v) is 3.71. The number of phenols is 1. The fraction of sp³-hybridized carbons (Fsp3) is 0.263. The summed E-state index contributed by atoms with van der Waals surface area (Å²) in [5, 5.41) is 13.3. The first kappa shape index (κ1) is 23.1. The Morgan fingerprint density at radius 2 is 2.03 bits per heavy atom. The molecule has 0 saturated carbocycles. The molecule has 0 fully saturated rings. The van der Waals surface area contributed by atoms with Crippen molar-refractivity contribution in [1.29, 1.82) is 0 Å². The van der Waals surface area contributed by atoms with E-state index in [0.717, 1.165) is 17.4 Å². The maximum absolute atomic E-state index is 12.6. The van der Waals surface area contributed by atoms with Crippen molar-refractivity contribution in [1.82, 2.24) is 4.98 Å². The van der Waals surface area contributed by atoms with Crippen LogP contribution in [0.5, 0.6) is 11.5 Å². The summed E-state index contributed by atoms with van der Waals surface area (Å²) in [5.41, 5.74) is 0.586. The summed E-state index contributed by atoms with van der Waals surface area (Å²) in [4.78, 5) is 16.8. The maximum atomic E-state index is 12.6. The van der Waals surface area contributed by atoms with Crippen molar-refractivity contribution in [3.63, 3.8) is 0 Å². The van der Waals surface area contributed by atoms with Crippen LogP contribution in [-0.2, 0) is 16.1 Å². The Hall–Kier alpha value is -2.60. The average Bonchev–Trinajstić information content (AvgIpc) is 3.07. The Morgan fingerprint density at radius 3 is 2.74 bits per heavy atom. The molecular formula is C19H16ClF3N2O5S. The van der Waals surface area contributed by atoms with Crippen LogP contribution in [0.1, 0.15) is 15.9 Å². The highest BCUT2D eigenvalue weighted by Gasteiger charge is 2.31. The van der Waals surface area contributed by atoms with E-state index in [0.29, 0.717) is 22.4 Å². The topological polar surface area (TPSA) is 89.9 Å². The SMILES string of the molecule is COCCOCc1cc(Cl)cc(C(=O)Nc2nc3ccc(OC(F)(F)F)cc3s2)c1O. The van der Waals surface area contributed by atoms with Crippen LogP contribution < -0.4 is 10.1 Å². The molecule has 1 aromatic heterocycles. The number of rotatable bonds is 8. The molecule has 2 aromatic carbocycles. The first-order chi connectivity index (χ1) is 14.7. The van der Waals surface area contributed by atoms with Crippen LogP contribution in [0.3, 0.4) is 0 Å². The molecule has 31 heavy (non-hydrogen) atoms. The van der Waals surface area contributed by atoms with Gasteiger partial charge in [0.05, 0.1) is 35.6 Å². The van der Waals surface area contributed by atoms with Crippen LogP contribution in [0.4, 0.5) is 18.3 Å². The monoisotopic (exact) mass is 476 g/mol. The smallest absolute Gasteiger partial charge is 0.507 e. The third-order valence-electron chi connectivity index (χ3n) is 3.90. The van der Waals surface area contributed by atoms with Crippen molar-refractivity contribution < 1.29 is 37.3 Å². The highest BCUT2D eigenvalue weighted by atomic mass is 35.5. The standard InChI is InChI=1S/C19H16ClF3N2O5S/c1-28-4-5-29-9-10-6-11(20)7-13(16(10)26)17(27)25-18-24-14-3-2-12(8-15(14)31-18)30-19(21,22)23/h2-3,6-8,26H,4-5,9H2,1H3,(H,24,25,27). The fourth-order valence-electron chi connectivity index (χ4n) is 2.58. The molecule has 0 aliphatic heterocycles. The van der Waals surface area contributed by atoms with Gasteiger partial charge in [-0.2, -0.15) is 0 Å². The van der Waals surface area contributed by atoms with Crippen LogP contribution >= 0.6 is 22.9 Å². The van der Waals surface area contributed by atoms with Gasteiger partial charge in [0, 0.05) is 23.8 Å². The molecule has 0 aliphatic carbocycles. The van der Waals surface area contributed by atoms with Crippen molar-refractivity contribution in [2.45, 2.75) is 13.0 Å². The minimum atomic E-state index is -4.81. The van der Waals surface area contributed by atoms with Crippen molar-refractivity contribution in [3.05, 3.63) is 46.5 Å². The van der Waals surface area contributed by atoms with Crippen LogP contribution in [-0.4, -0.2) is 42.7 Å². The summed E-state index contributed by atoms with van der Waals surface area (Å²) < 4.78 is 51.6. The number of thiazole rings is 1. The molecule has 0 unspecified atom stereocenters. The summed E-state index contributed by atoms with van der Waals surface area (Å²) in [7, 11) is 1.52. The third-order valence-corrected chi connectivity index (χ3v) is 5.05. The Morgan fingerprint density at radius 1 is 1.26 bits per heavy atom. The third kappa shape index (κ3) is 6.20. The number of benzene rings is 2. The highest BCUT2D eigenvalue weighted by Crippen LogP contribution is 2.33. The zero-order valence-electron chi connectivity index (χ0n) is 16.0. The van der Waals surface area contributed by atoms with E-state index in [1.54, 1.807) is 0 Å². The lowest BCUT2D eigenvalue weighted by molar-refractivity contribution is -0.274. The van der Waals surface area contributed by atoms with Gasteiger partial charge in [0.25, 0.3) is 5.91 Å². The molecule has 1 heterocycles. The van der Waals surface area contributed by atoms with E-state index in [1.807, 2.05) is 0 Å². The second-order valence-electron chi connectivity index (χ2n) is 6.16. The van der Waals surface area contributed by atoms with Gasteiger partial charge in [0.1, 0.15) is 11.5 Å². The number of aromatic nitrogens is 1. The summed E-state index contributed by atoms with van der Waals surface area (Å²) >= 11 is 7.00. The predicted octanol–water partition coefficient (Wildman–Crippen LogP) is 4.97. The molecule has 166 valence electrons. The number of carbonyl (C=O) groups is 1. The van der Waals surface area contributed by atoms with Gasteiger partial charge in [-0.25, -0.2) is 4.98 Å². The number of carbonyl (C=O) groups excluding carboxylic acids is 1. The number of ether oxygens (including phenoxy) is 3. The number of anilines is 1. The number of aromatic hydroxyl groups is 1. The molecular weight excluding hydrogens is 461 g/mol. The van der Waals surface area contributed by atoms with Gasteiger partial charge in [-0.3, -0.25) is 10.1 Å². The molecule has 1 amide bonds. The van der Waals surface area contributed by atoms with E-state index in [4.69, 9.17) is 21.1 Å². The second kappa shape index (κ2) is 9.69. The molecule has 0 radical (unpaired) electrons. The zero-order chi connectivity index (χ0) is 22.6. The number of halogens is 4. The molecule has 0 bridgehead atoms. The molecule has 0 saturated heterocycles. The average molecular weight is 477 g/mol. The van der Waals surface area contributed by atoms with E-state index < -0.39 is 18.0 Å². The zero-order valence-corrected chi connectivity index (χ0v) is 17.5. The molecule has 3 rings (SSSR count). The first-order valence-electron chi connectivity index (χ1n) is 8.72. The van der Waals surface area contributed by atoms with E-state index in [1.165, 1.54) is 31.4 Å². The predicted molar refractivity (Wildman–Crippen MR) is 109 cm³/mol.